The van der Waals surface area contributed by atoms with E-state index in [4.69, 9.17) is 0 Å². The van der Waals surface area contributed by atoms with Gasteiger partial charge in [-0.15, -0.1) is 11.3 Å². The van der Waals surface area contributed by atoms with E-state index in [0.717, 1.165) is 46.4 Å². The quantitative estimate of drug-likeness (QED) is 0.742. The van der Waals surface area contributed by atoms with Crippen LogP contribution in [0.15, 0.2) is 28.2 Å². The molecule has 2 aromatic heterocycles. The van der Waals surface area contributed by atoms with Crippen LogP contribution in [-0.4, -0.2) is 23.1 Å². The lowest BCUT2D eigenvalue weighted by molar-refractivity contribution is -0.140. The van der Waals surface area contributed by atoms with E-state index >= 15 is 0 Å². The number of alkyl halides is 3. The monoisotopic (exact) mass is 391 g/mol. The number of rotatable bonds is 2. The van der Waals surface area contributed by atoms with Crippen molar-refractivity contribution in [3.8, 4) is 0 Å². The van der Waals surface area contributed by atoms with Crippen molar-refractivity contribution >= 4 is 33.1 Å². The summed E-state index contributed by atoms with van der Waals surface area (Å²) in [5.74, 6) is 0.876. The molecule has 1 atom stereocenters. The smallest absolute Gasteiger partial charge is 0.356 e. The Morgan fingerprint density at radius 2 is 2.14 bits per heavy atom. The van der Waals surface area contributed by atoms with Crippen LogP contribution in [0.1, 0.15) is 29.5 Å². The Bertz CT molecular complexity index is 642. The average Bonchev–Trinajstić information content (AvgIpc) is 2.98. The van der Waals surface area contributed by atoms with Gasteiger partial charge in [0.1, 0.15) is 5.82 Å². The van der Waals surface area contributed by atoms with Gasteiger partial charge >= 0.3 is 6.18 Å². The van der Waals surface area contributed by atoms with E-state index in [0.29, 0.717) is 11.6 Å². The molecule has 3 rings (SSSR count). The molecule has 8 heteroatoms. The molecule has 2 aromatic rings. The van der Waals surface area contributed by atoms with Crippen molar-refractivity contribution in [3.05, 3.63) is 38.9 Å². The summed E-state index contributed by atoms with van der Waals surface area (Å²) >= 11 is 4.44. The first kappa shape index (κ1) is 15.7. The van der Waals surface area contributed by atoms with Crippen LogP contribution in [0.2, 0.25) is 0 Å². The van der Waals surface area contributed by atoms with Crippen molar-refractivity contribution in [2.45, 2.75) is 24.9 Å². The van der Waals surface area contributed by atoms with Gasteiger partial charge in [0, 0.05) is 35.1 Å². The van der Waals surface area contributed by atoms with Crippen molar-refractivity contribution in [2.75, 3.05) is 18.0 Å². The molecule has 0 amide bonds. The number of piperidine rings is 1. The molecule has 1 aliphatic rings. The molecule has 1 aliphatic heterocycles. The zero-order valence-electron chi connectivity index (χ0n) is 11.5. The maximum Gasteiger partial charge on any atom is 0.434 e. The topological polar surface area (TPSA) is 29.0 Å². The molecular weight excluding hydrogens is 379 g/mol. The zero-order chi connectivity index (χ0) is 15.7. The minimum atomic E-state index is -4.36. The van der Waals surface area contributed by atoms with Gasteiger partial charge in [-0.25, -0.2) is 9.97 Å². The summed E-state index contributed by atoms with van der Waals surface area (Å²) in [6, 6.07) is 3.83. The lowest BCUT2D eigenvalue weighted by atomic mass is 9.99. The highest BCUT2D eigenvalue weighted by Crippen LogP contribution is 2.35. The van der Waals surface area contributed by atoms with Crippen LogP contribution in [0.3, 0.4) is 0 Å². The van der Waals surface area contributed by atoms with Gasteiger partial charge in [0.05, 0.1) is 5.01 Å². The number of thiazole rings is 1. The van der Waals surface area contributed by atoms with Crippen molar-refractivity contribution in [2.24, 2.45) is 0 Å². The second-order valence-electron chi connectivity index (χ2n) is 5.19. The third kappa shape index (κ3) is 3.43. The molecule has 0 radical (unpaired) electrons. The van der Waals surface area contributed by atoms with Gasteiger partial charge in [-0.05, 0) is 40.9 Å². The van der Waals surface area contributed by atoms with Crippen molar-refractivity contribution < 1.29 is 13.2 Å². The molecule has 0 saturated carbocycles. The Morgan fingerprint density at radius 1 is 1.32 bits per heavy atom. The molecule has 22 heavy (non-hydrogen) atoms. The first-order valence-electron chi connectivity index (χ1n) is 6.82. The number of hydrogen-bond donors (Lipinski definition) is 0. The Hall–Kier alpha value is -1.15. The van der Waals surface area contributed by atoms with Crippen LogP contribution >= 0.6 is 27.3 Å². The molecular formula is C14H13BrF3N3S. The van der Waals surface area contributed by atoms with E-state index in [-0.39, 0.29) is 5.92 Å². The van der Waals surface area contributed by atoms with E-state index in [1.54, 1.807) is 6.20 Å². The highest BCUT2D eigenvalue weighted by Gasteiger charge is 2.35. The van der Waals surface area contributed by atoms with Crippen LogP contribution in [0.5, 0.6) is 0 Å². The molecule has 0 aliphatic carbocycles. The molecule has 1 saturated heterocycles. The van der Waals surface area contributed by atoms with E-state index < -0.39 is 11.9 Å². The lowest BCUT2D eigenvalue weighted by Crippen LogP contribution is -2.34. The summed E-state index contributed by atoms with van der Waals surface area (Å²) in [5, 5.41) is 1.67. The summed E-state index contributed by atoms with van der Waals surface area (Å²) in [5.41, 5.74) is -0.786. The first-order valence-corrected chi connectivity index (χ1v) is 8.50. The second-order valence-corrected chi connectivity index (χ2v) is 6.99. The number of nitrogens with zero attached hydrogens (tertiary/aromatic N) is 3. The maximum absolute atomic E-state index is 12.7. The lowest BCUT2D eigenvalue weighted by Gasteiger charge is -2.32. The summed E-state index contributed by atoms with van der Waals surface area (Å²) in [4.78, 5) is 10.2. The van der Waals surface area contributed by atoms with Crippen molar-refractivity contribution in [1.29, 1.82) is 0 Å². The van der Waals surface area contributed by atoms with Gasteiger partial charge in [-0.1, -0.05) is 0 Å². The third-order valence-electron chi connectivity index (χ3n) is 3.62. The fourth-order valence-electron chi connectivity index (χ4n) is 2.55. The van der Waals surface area contributed by atoms with E-state index in [1.165, 1.54) is 0 Å². The second kappa shape index (κ2) is 6.16. The first-order chi connectivity index (χ1) is 10.4. The summed E-state index contributed by atoms with van der Waals surface area (Å²) in [7, 11) is 0. The van der Waals surface area contributed by atoms with Crippen molar-refractivity contribution in [3.63, 3.8) is 0 Å². The number of anilines is 1. The number of aromatic nitrogens is 2. The molecule has 1 fully saturated rings. The zero-order valence-corrected chi connectivity index (χ0v) is 13.9. The standard InChI is InChI=1S/C14H13BrF3N3S/c15-10-3-4-12(19-6-10)21-5-1-2-9(7-21)13-20-11(8-22-13)14(16,17)18/h3-4,6,8-9H,1-2,5,7H2. The Labute approximate surface area is 138 Å². The molecule has 0 spiro atoms. The summed E-state index contributed by atoms with van der Waals surface area (Å²) in [6.07, 6.45) is -0.859. The fourth-order valence-corrected chi connectivity index (χ4v) is 3.74. The minimum Gasteiger partial charge on any atom is -0.356 e. The average molecular weight is 392 g/mol. The van der Waals surface area contributed by atoms with Crippen LogP contribution in [0, 0.1) is 0 Å². The normalized spacial score (nSPS) is 19.5. The number of halogens is 4. The Balaban J connectivity index is 1.75. The van der Waals surface area contributed by atoms with Gasteiger partial charge in [0.25, 0.3) is 0 Å². The summed E-state index contributed by atoms with van der Waals surface area (Å²) in [6.45, 7) is 1.52. The predicted molar refractivity (Wildman–Crippen MR) is 83.2 cm³/mol. The van der Waals surface area contributed by atoms with Crippen molar-refractivity contribution in [1.82, 2.24) is 9.97 Å². The van der Waals surface area contributed by atoms with Gasteiger partial charge in [-0.3, -0.25) is 0 Å². The van der Waals surface area contributed by atoms with Crippen LogP contribution in [0.25, 0.3) is 0 Å². The molecule has 3 heterocycles. The predicted octanol–water partition coefficient (Wildman–Crippen LogP) is 4.70. The molecule has 0 aromatic carbocycles. The fraction of sp³-hybridized carbons (Fsp3) is 0.429. The number of pyridine rings is 1. The highest BCUT2D eigenvalue weighted by atomic mass is 79.9. The van der Waals surface area contributed by atoms with Gasteiger partial charge in [0.15, 0.2) is 5.69 Å². The molecule has 0 N–H and O–H groups in total. The van der Waals surface area contributed by atoms with E-state index in [2.05, 4.69) is 30.8 Å². The van der Waals surface area contributed by atoms with Gasteiger partial charge in [0.2, 0.25) is 0 Å². The van der Waals surface area contributed by atoms with Crippen LogP contribution < -0.4 is 4.90 Å². The third-order valence-corrected chi connectivity index (χ3v) is 5.10. The minimum absolute atomic E-state index is 0.0281. The van der Waals surface area contributed by atoms with Crippen LogP contribution in [0.4, 0.5) is 19.0 Å². The maximum atomic E-state index is 12.7. The van der Waals surface area contributed by atoms with E-state index in [1.807, 2.05) is 12.1 Å². The number of hydrogen-bond acceptors (Lipinski definition) is 4. The van der Waals surface area contributed by atoms with E-state index in [9.17, 15) is 13.2 Å². The van der Waals surface area contributed by atoms with Crippen LogP contribution in [-0.2, 0) is 6.18 Å². The Morgan fingerprint density at radius 3 is 2.77 bits per heavy atom. The van der Waals surface area contributed by atoms with Gasteiger partial charge < -0.3 is 4.90 Å². The highest BCUT2D eigenvalue weighted by molar-refractivity contribution is 9.10. The molecule has 3 nitrogen and oxygen atoms in total. The molecule has 118 valence electrons. The Kier molecular flexibility index (Phi) is 4.40. The SMILES string of the molecule is FC(F)(F)c1csc(C2CCCN(c3ccc(Br)cn3)C2)n1. The summed E-state index contributed by atoms with van der Waals surface area (Å²) < 4.78 is 38.9. The largest absolute Gasteiger partial charge is 0.434 e. The van der Waals surface area contributed by atoms with Gasteiger partial charge in [-0.2, -0.15) is 13.2 Å². The molecule has 0 bridgehead atoms. The molecule has 1 unspecified atom stereocenters.